The van der Waals surface area contributed by atoms with E-state index in [9.17, 15) is 22.8 Å². The molecule has 2 rings (SSSR count). The zero-order valence-electron chi connectivity index (χ0n) is 17.8. The molecule has 11 heteroatoms. The molecule has 1 aliphatic rings. The van der Waals surface area contributed by atoms with Gasteiger partial charge in [-0.1, -0.05) is 12.1 Å². The van der Waals surface area contributed by atoms with Crippen LogP contribution in [-0.4, -0.2) is 65.1 Å². The first-order chi connectivity index (χ1) is 14.7. The minimum atomic E-state index is -3.14. The molecule has 1 saturated heterocycles. The quantitative estimate of drug-likeness (QED) is 0.520. The molecule has 172 valence electrons. The summed E-state index contributed by atoms with van der Waals surface area (Å²) >= 11 is 0. The predicted octanol–water partition coefficient (Wildman–Crippen LogP) is 0.538. The van der Waals surface area contributed by atoms with E-state index in [1.807, 2.05) is 0 Å². The molecule has 1 aliphatic heterocycles. The molecule has 1 heterocycles. The number of benzene rings is 1. The molecule has 3 amide bonds. The number of carbonyl (C=O) groups is 3. The van der Waals surface area contributed by atoms with Crippen LogP contribution in [0.4, 0.5) is 4.79 Å². The van der Waals surface area contributed by atoms with E-state index in [1.165, 1.54) is 21.3 Å². The van der Waals surface area contributed by atoms with Gasteiger partial charge in [0.2, 0.25) is 11.8 Å². The molecule has 31 heavy (non-hydrogen) atoms. The van der Waals surface area contributed by atoms with E-state index < -0.39 is 33.9 Å². The molecule has 2 atom stereocenters. The zero-order chi connectivity index (χ0) is 23.0. The maximum Gasteiger partial charge on any atom is 0.407 e. The van der Waals surface area contributed by atoms with Gasteiger partial charge in [-0.2, -0.15) is 0 Å². The lowest BCUT2D eigenvalue weighted by atomic mass is 9.92. The molecule has 0 radical (unpaired) electrons. The maximum atomic E-state index is 13.1. The summed E-state index contributed by atoms with van der Waals surface area (Å²) in [4.78, 5) is 37.0. The van der Waals surface area contributed by atoms with Crippen molar-refractivity contribution in [2.75, 3.05) is 32.8 Å². The van der Waals surface area contributed by atoms with Gasteiger partial charge in [0.1, 0.15) is 21.6 Å². The predicted molar refractivity (Wildman–Crippen MR) is 113 cm³/mol. The Morgan fingerprint density at radius 1 is 1.06 bits per heavy atom. The van der Waals surface area contributed by atoms with Crippen LogP contribution >= 0.6 is 0 Å². The van der Waals surface area contributed by atoms with Crippen molar-refractivity contribution in [1.82, 2.24) is 16.0 Å². The number of rotatable bonds is 8. The van der Waals surface area contributed by atoms with Gasteiger partial charge in [-0.3, -0.25) is 9.59 Å². The fourth-order valence-electron chi connectivity index (χ4n) is 3.46. The number of amides is 3. The Hall–Kier alpha value is -2.82. The molecular formula is C20H29N3O7S. The van der Waals surface area contributed by atoms with Crippen molar-refractivity contribution >= 4 is 27.7 Å². The number of hydrogen-bond acceptors (Lipinski definition) is 7. The molecule has 1 fully saturated rings. The second-order valence-corrected chi connectivity index (χ2v) is 9.62. The molecule has 10 nitrogen and oxygen atoms in total. The molecule has 0 spiro atoms. The van der Waals surface area contributed by atoms with Crippen molar-refractivity contribution in [3.05, 3.63) is 29.8 Å². The Morgan fingerprint density at radius 2 is 1.68 bits per heavy atom. The van der Waals surface area contributed by atoms with Crippen molar-refractivity contribution in [3.63, 3.8) is 0 Å². The molecule has 0 aromatic heterocycles. The smallest absolute Gasteiger partial charge is 0.407 e. The highest BCUT2D eigenvalue weighted by molar-refractivity contribution is 7.91. The number of ether oxygens (including phenoxy) is 2. The monoisotopic (exact) mass is 455 g/mol. The van der Waals surface area contributed by atoms with E-state index in [1.54, 1.807) is 24.3 Å². The zero-order valence-corrected chi connectivity index (χ0v) is 18.7. The van der Waals surface area contributed by atoms with Crippen LogP contribution in [-0.2, 0) is 24.2 Å². The fraction of sp³-hybridized carbons (Fsp3) is 0.550. The fourth-order valence-corrected chi connectivity index (χ4v) is 4.99. The van der Waals surface area contributed by atoms with Gasteiger partial charge in [0.15, 0.2) is 0 Å². The molecule has 3 N–H and O–H groups in total. The van der Waals surface area contributed by atoms with Crippen LogP contribution in [0.5, 0.6) is 5.75 Å². The number of methoxy groups -OCH3 is 2. The Kier molecular flexibility index (Phi) is 8.66. The molecule has 2 unspecified atom stereocenters. The highest BCUT2D eigenvalue weighted by Gasteiger charge is 2.36. The highest BCUT2D eigenvalue weighted by atomic mass is 32.2. The molecular weight excluding hydrogens is 426 g/mol. The summed E-state index contributed by atoms with van der Waals surface area (Å²) in [6.45, 7) is 0. The summed E-state index contributed by atoms with van der Waals surface area (Å²) in [5, 5.41) is 7.87. The van der Waals surface area contributed by atoms with Gasteiger partial charge in [0.25, 0.3) is 0 Å². The Morgan fingerprint density at radius 3 is 2.19 bits per heavy atom. The van der Waals surface area contributed by atoms with Crippen molar-refractivity contribution < 1.29 is 32.3 Å². The van der Waals surface area contributed by atoms with E-state index >= 15 is 0 Å². The van der Waals surface area contributed by atoms with Gasteiger partial charge in [-0.25, -0.2) is 13.2 Å². The second-order valence-electron chi connectivity index (χ2n) is 7.31. The first-order valence-electron chi connectivity index (χ1n) is 9.89. The average molecular weight is 456 g/mol. The minimum absolute atomic E-state index is 0.0153. The summed E-state index contributed by atoms with van der Waals surface area (Å²) in [7, 11) is 1.07. The maximum absolute atomic E-state index is 13.1. The van der Waals surface area contributed by atoms with E-state index in [-0.39, 0.29) is 42.6 Å². The number of carbonyl (C=O) groups excluding carboxylic acids is 3. The Labute approximate surface area is 182 Å². The summed E-state index contributed by atoms with van der Waals surface area (Å²) in [5.41, 5.74) is 0.681. The third-order valence-corrected chi connectivity index (χ3v) is 7.03. The lowest BCUT2D eigenvalue weighted by Gasteiger charge is -2.31. The standard InChI is InChI=1S/C20H29N3O7S/c1-21-17(24)12-16(13-4-6-15(29-2)7-5-13)22-19(25)18(23-20(26)30-3)14-8-10-31(27,28)11-9-14/h4-7,14,16,18H,8-12H2,1-3H3,(H,21,24)(H,22,25)(H,23,26). The average Bonchev–Trinajstić information content (AvgIpc) is 2.76. The van der Waals surface area contributed by atoms with E-state index in [0.29, 0.717) is 11.3 Å². The van der Waals surface area contributed by atoms with Crippen LogP contribution < -0.4 is 20.7 Å². The molecule has 1 aromatic rings. The largest absolute Gasteiger partial charge is 0.497 e. The number of nitrogens with one attached hydrogen (secondary N) is 3. The third kappa shape index (κ3) is 7.12. The lowest BCUT2D eigenvalue weighted by molar-refractivity contribution is -0.126. The van der Waals surface area contributed by atoms with Crippen LogP contribution in [0.1, 0.15) is 30.9 Å². The molecule has 0 aliphatic carbocycles. The van der Waals surface area contributed by atoms with E-state index in [2.05, 4.69) is 20.7 Å². The van der Waals surface area contributed by atoms with Crippen molar-refractivity contribution in [2.24, 2.45) is 5.92 Å². The van der Waals surface area contributed by atoms with Crippen LogP contribution in [0.25, 0.3) is 0 Å². The van der Waals surface area contributed by atoms with Gasteiger partial charge in [0.05, 0.1) is 38.2 Å². The molecule has 1 aromatic carbocycles. The summed E-state index contributed by atoms with van der Waals surface area (Å²) < 4.78 is 33.3. The highest BCUT2D eigenvalue weighted by Crippen LogP contribution is 2.25. The topological polar surface area (TPSA) is 140 Å². The van der Waals surface area contributed by atoms with Crippen LogP contribution in [0.15, 0.2) is 24.3 Å². The van der Waals surface area contributed by atoms with Crippen molar-refractivity contribution in [2.45, 2.75) is 31.3 Å². The van der Waals surface area contributed by atoms with Gasteiger partial charge >= 0.3 is 6.09 Å². The Balaban J connectivity index is 2.23. The SMILES string of the molecule is CNC(=O)CC(NC(=O)C(NC(=O)OC)C1CCS(=O)(=O)CC1)c1ccc(OC)cc1. The third-order valence-electron chi connectivity index (χ3n) is 5.31. The first-order valence-corrected chi connectivity index (χ1v) is 11.7. The van der Waals surface area contributed by atoms with E-state index in [4.69, 9.17) is 4.74 Å². The summed E-state index contributed by atoms with van der Waals surface area (Å²) in [5.74, 6) is -0.641. The van der Waals surface area contributed by atoms with Crippen molar-refractivity contribution in [3.8, 4) is 5.75 Å². The molecule has 0 bridgehead atoms. The van der Waals surface area contributed by atoms with Gasteiger partial charge in [0, 0.05) is 7.05 Å². The van der Waals surface area contributed by atoms with Gasteiger partial charge in [-0.15, -0.1) is 0 Å². The van der Waals surface area contributed by atoms with E-state index in [0.717, 1.165) is 0 Å². The number of sulfone groups is 1. The van der Waals surface area contributed by atoms with Gasteiger partial charge in [-0.05, 0) is 36.5 Å². The summed E-state index contributed by atoms with van der Waals surface area (Å²) in [6.07, 6.45) is -0.320. The second kappa shape index (κ2) is 11.0. The normalized spacial score (nSPS) is 17.6. The van der Waals surface area contributed by atoms with Gasteiger partial charge < -0.3 is 25.4 Å². The molecule has 0 saturated carbocycles. The van der Waals surface area contributed by atoms with Crippen LogP contribution in [0.3, 0.4) is 0 Å². The summed E-state index contributed by atoms with van der Waals surface area (Å²) in [6, 6.07) is 5.26. The van der Waals surface area contributed by atoms with Crippen LogP contribution in [0, 0.1) is 5.92 Å². The minimum Gasteiger partial charge on any atom is -0.497 e. The Bertz CT molecular complexity index is 873. The van der Waals surface area contributed by atoms with Crippen molar-refractivity contribution in [1.29, 1.82) is 0 Å². The lowest BCUT2D eigenvalue weighted by Crippen LogP contribution is -2.53. The number of alkyl carbamates (subject to hydrolysis) is 1. The first kappa shape index (κ1) is 24.4. The number of hydrogen-bond donors (Lipinski definition) is 3. The van der Waals surface area contributed by atoms with Crippen LogP contribution in [0.2, 0.25) is 0 Å².